The molecule has 1 aromatic carbocycles. The first-order chi connectivity index (χ1) is 6.05. The van der Waals surface area contributed by atoms with E-state index in [0.29, 0.717) is 12.0 Å². The molecule has 0 spiro atoms. The number of benzene rings is 1. The van der Waals surface area contributed by atoms with Gasteiger partial charge < -0.3 is 14.4 Å². The van der Waals surface area contributed by atoms with Crippen LogP contribution in [-0.2, 0) is 4.57 Å². The normalized spacial score (nSPS) is 12.2. The maximum Gasteiger partial charge on any atom is 1.00 e. The van der Waals surface area contributed by atoms with Crippen LogP contribution < -0.4 is 47.5 Å². The van der Waals surface area contributed by atoms with Crippen molar-refractivity contribution >= 4 is 7.60 Å². The first kappa shape index (κ1) is 17.9. The minimum Gasteiger partial charge on any atom is -0.810 e. The van der Waals surface area contributed by atoms with Gasteiger partial charge in [0, 0.05) is 5.66 Å². The second kappa shape index (κ2) is 7.78. The molecule has 0 bridgehead atoms. The molecule has 1 atom stereocenters. The van der Waals surface area contributed by atoms with E-state index in [4.69, 9.17) is 0 Å². The first-order valence-electron chi connectivity index (χ1n) is 4.12. The third-order valence-electron chi connectivity index (χ3n) is 1.95. The summed E-state index contributed by atoms with van der Waals surface area (Å²) in [4.78, 5) is 21.7. The van der Waals surface area contributed by atoms with E-state index in [1.165, 1.54) is 0 Å². The van der Waals surface area contributed by atoms with E-state index in [1.54, 1.807) is 37.3 Å². The molecule has 0 radical (unpaired) electrons. The number of hydrogen-bond acceptors (Lipinski definition) is 3. The van der Waals surface area contributed by atoms with E-state index in [2.05, 4.69) is 0 Å². The van der Waals surface area contributed by atoms with Crippen molar-refractivity contribution in [3.63, 3.8) is 0 Å². The summed E-state index contributed by atoms with van der Waals surface area (Å²) < 4.78 is 10.8. The standard InChI is InChI=1S/C9H13O3P.2Li/c1-2-9(13(10,11)12)8-6-4-3-5-7-8;;/h3-7,9H,2H2,1H3,(H2,10,11,12);;/q;2*+1/p-2. The second-order valence-corrected chi connectivity index (χ2v) is 4.58. The summed E-state index contributed by atoms with van der Waals surface area (Å²) >= 11 is 0. The van der Waals surface area contributed by atoms with Crippen molar-refractivity contribution < 1.29 is 52.1 Å². The Hall–Kier alpha value is 0.565. The van der Waals surface area contributed by atoms with Crippen molar-refractivity contribution in [1.29, 1.82) is 0 Å². The van der Waals surface area contributed by atoms with Crippen LogP contribution >= 0.6 is 7.60 Å². The zero-order chi connectivity index (χ0) is 9.90. The van der Waals surface area contributed by atoms with E-state index >= 15 is 0 Å². The molecule has 0 aliphatic carbocycles. The molecule has 0 heterocycles. The Kier molecular flexibility index (Phi) is 9.30. The van der Waals surface area contributed by atoms with Crippen LogP contribution in [0.3, 0.4) is 0 Å². The molecule has 72 valence electrons. The Labute approximate surface area is 114 Å². The minimum absolute atomic E-state index is 0. The van der Waals surface area contributed by atoms with Gasteiger partial charge in [0.05, 0.1) is 0 Å². The van der Waals surface area contributed by atoms with Crippen LogP contribution in [0, 0.1) is 0 Å². The topological polar surface area (TPSA) is 63.2 Å². The van der Waals surface area contributed by atoms with E-state index < -0.39 is 13.3 Å². The first-order valence-corrected chi connectivity index (χ1v) is 5.73. The van der Waals surface area contributed by atoms with Gasteiger partial charge in [-0.25, -0.2) is 0 Å². The Balaban J connectivity index is 0. The van der Waals surface area contributed by atoms with Crippen molar-refractivity contribution in [2.75, 3.05) is 0 Å². The van der Waals surface area contributed by atoms with Gasteiger partial charge in [0.15, 0.2) is 0 Å². The van der Waals surface area contributed by atoms with Gasteiger partial charge in [-0.2, -0.15) is 0 Å². The molecule has 1 rings (SSSR count). The Morgan fingerprint density at radius 1 is 1.20 bits per heavy atom. The fraction of sp³-hybridized carbons (Fsp3) is 0.333. The molecule has 0 aliphatic rings. The summed E-state index contributed by atoms with van der Waals surface area (Å²) in [5, 5.41) is 0. The van der Waals surface area contributed by atoms with Crippen LogP contribution in [0.25, 0.3) is 0 Å². The van der Waals surface area contributed by atoms with Crippen LogP contribution in [-0.4, -0.2) is 0 Å². The summed E-state index contributed by atoms with van der Waals surface area (Å²) in [6.45, 7) is 1.69. The monoisotopic (exact) mass is 212 g/mol. The second-order valence-electron chi connectivity index (χ2n) is 2.87. The third kappa shape index (κ3) is 5.44. The van der Waals surface area contributed by atoms with Crippen molar-refractivity contribution in [2.45, 2.75) is 19.0 Å². The molecule has 3 nitrogen and oxygen atoms in total. The fourth-order valence-electron chi connectivity index (χ4n) is 1.32. The van der Waals surface area contributed by atoms with Gasteiger partial charge in [-0.05, 0) is 12.0 Å². The molecule has 6 heteroatoms. The number of rotatable bonds is 3. The summed E-state index contributed by atoms with van der Waals surface area (Å²) in [7, 11) is -4.50. The largest absolute Gasteiger partial charge is 1.00 e. The van der Waals surface area contributed by atoms with E-state index in [9.17, 15) is 14.4 Å². The molecule has 0 aromatic heterocycles. The zero-order valence-corrected chi connectivity index (χ0v) is 10.2. The summed E-state index contributed by atoms with van der Waals surface area (Å²) in [6.07, 6.45) is 0.328. The molecular weight excluding hydrogens is 201 g/mol. The van der Waals surface area contributed by atoms with Gasteiger partial charge in [-0.15, -0.1) is 0 Å². The number of hydrogen-bond donors (Lipinski definition) is 0. The molecular formula is C9H11Li2O3P. The van der Waals surface area contributed by atoms with Crippen molar-refractivity contribution in [3.8, 4) is 0 Å². The van der Waals surface area contributed by atoms with Crippen molar-refractivity contribution in [2.24, 2.45) is 0 Å². The maximum atomic E-state index is 10.8. The minimum atomic E-state index is -4.50. The molecule has 0 saturated carbocycles. The molecule has 0 saturated heterocycles. The fourth-order valence-corrected chi connectivity index (χ4v) is 2.30. The van der Waals surface area contributed by atoms with E-state index in [0.717, 1.165) is 0 Å². The maximum absolute atomic E-state index is 10.8. The van der Waals surface area contributed by atoms with Crippen LogP contribution in [0.1, 0.15) is 24.6 Å². The average Bonchev–Trinajstić information content (AvgIpc) is 2.05. The predicted molar refractivity (Wildman–Crippen MR) is 47.1 cm³/mol. The quantitative estimate of drug-likeness (QED) is 0.372. The van der Waals surface area contributed by atoms with Crippen LogP contribution in [0.5, 0.6) is 0 Å². The molecule has 0 N–H and O–H groups in total. The molecule has 0 amide bonds. The van der Waals surface area contributed by atoms with Gasteiger partial charge in [-0.3, -0.25) is 0 Å². The summed E-state index contributed by atoms with van der Waals surface area (Å²) in [5.41, 5.74) is -0.299. The van der Waals surface area contributed by atoms with Gasteiger partial charge in [0.2, 0.25) is 0 Å². The van der Waals surface area contributed by atoms with Crippen molar-refractivity contribution in [3.05, 3.63) is 35.9 Å². The summed E-state index contributed by atoms with van der Waals surface area (Å²) in [5.74, 6) is 0. The average molecular weight is 212 g/mol. The smallest absolute Gasteiger partial charge is 0.810 e. The van der Waals surface area contributed by atoms with Gasteiger partial charge in [0.25, 0.3) is 0 Å². The van der Waals surface area contributed by atoms with Crippen LogP contribution in [0.15, 0.2) is 30.3 Å². The van der Waals surface area contributed by atoms with E-state index in [1.807, 2.05) is 0 Å². The summed E-state index contributed by atoms with van der Waals surface area (Å²) in [6, 6.07) is 8.57. The van der Waals surface area contributed by atoms with Gasteiger partial charge in [0.1, 0.15) is 0 Å². The van der Waals surface area contributed by atoms with Crippen LogP contribution in [0.2, 0.25) is 0 Å². The third-order valence-corrected chi connectivity index (χ3v) is 3.38. The SMILES string of the molecule is CCC(c1ccccc1)P(=O)([O-])[O-].[Li+].[Li+]. The van der Waals surface area contributed by atoms with Gasteiger partial charge >= 0.3 is 37.7 Å². The van der Waals surface area contributed by atoms with Gasteiger partial charge in [-0.1, -0.05) is 44.9 Å². The molecule has 1 unspecified atom stereocenters. The van der Waals surface area contributed by atoms with E-state index in [-0.39, 0.29) is 37.7 Å². The van der Waals surface area contributed by atoms with Crippen molar-refractivity contribution in [1.82, 2.24) is 0 Å². The molecule has 0 fully saturated rings. The van der Waals surface area contributed by atoms with Crippen LogP contribution in [0.4, 0.5) is 0 Å². The molecule has 0 aliphatic heterocycles. The Morgan fingerprint density at radius 3 is 2.00 bits per heavy atom. The molecule has 15 heavy (non-hydrogen) atoms. The zero-order valence-electron chi connectivity index (χ0n) is 9.34. The Morgan fingerprint density at radius 2 is 1.67 bits per heavy atom. The molecule has 1 aromatic rings. The predicted octanol–water partition coefficient (Wildman–Crippen LogP) is -4.94. The Bertz CT molecular complexity index is 312.